The summed E-state index contributed by atoms with van der Waals surface area (Å²) in [6.07, 6.45) is 2.02. The molecular formula is C42H30N12O6. The van der Waals surface area contributed by atoms with Crippen molar-refractivity contribution in [2.45, 2.75) is 40.0 Å². The topological polar surface area (TPSA) is 234 Å². The summed E-state index contributed by atoms with van der Waals surface area (Å²) in [5.41, 5.74) is 6.13. The Hall–Kier alpha value is -8.28. The van der Waals surface area contributed by atoms with Gasteiger partial charge >= 0.3 is 0 Å². The highest BCUT2D eigenvalue weighted by atomic mass is 16.5. The van der Waals surface area contributed by atoms with Gasteiger partial charge in [-0.1, -0.05) is 51.7 Å². The zero-order valence-electron chi connectivity index (χ0n) is 32.1. The van der Waals surface area contributed by atoms with Gasteiger partial charge in [0.15, 0.2) is 17.5 Å². The molecule has 0 unspecified atom stereocenters. The van der Waals surface area contributed by atoms with Crippen molar-refractivity contribution in [1.29, 1.82) is 0 Å². The summed E-state index contributed by atoms with van der Waals surface area (Å²) in [4.78, 5) is 27.4. The number of rotatable bonds is 12. The predicted octanol–water partition coefficient (Wildman–Crippen LogP) is 8.67. The van der Waals surface area contributed by atoms with E-state index >= 15 is 0 Å². The first-order chi connectivity index (χ1) is 29.5. The van der Waals surface area contributed by atoms with Gasteiger partial charge in [0, 0.05) is 69.3 Å². The first-order valence-corrected chi connectivity index (χ1v) is 19.0. The van der Waals surface area contributed by atoms with E-state index in [9.17, 15) is 0 Å². The van der Waals surface area contributed by atoms with Crippen molar-refractivity contribution in [1.82, 2.24) is 60.8 Å². The second kappa shape index (κ2) is 15.2. The van der Waals surface area contributed by atoms with E-state index < -0.39 is 0 Å². The summed E-state index contributed by atoms with van der Waals surface area (Å²) in [5.74, 6) is 5.02. The summed E-state index contributed by atoms with van der Waals surface area (Å²) in [5, 5.41) is 24.9. The predicted molar refractivity (Wildman–Crippen MR) is 211 cm³/mol. The van der Waals surface area contributed by atoms with Gasteiger partial charge in [-0.15, -0.1) is 0 Å². The summed E-state index contributed by atoms with van der Waals surface area (Å²) in [6.45, 7) is 5.89. The van der Waals surface area contributed by atoms with Crippen LogP contribution in [0.25, 0.3) is 103 Å². The Labute approximate surface area is 338 Å². The first kappa shape index (κ1) is 36.1. The quantitative estimate of drug-likeness (QED) is 0.112. The number of nitrogens with zero attached hydrogens (tertiary/aromatic N) is 12. The zero-order chi connectivity index (χ0) is 40.6. The minimum Gasteiger partial charge on any atom is -0.334 e. The lowest BCUT2D eigenvalue weighted by molar-refractivity contribution is 0.423. The number of benzene rings is 4. The van der Waals surface area contributed by atoms with Crippen LogP contribution in [0.4, 0.5) is 0 Å². The monoisotopic (exact) mass is 798 g/mol. The van der Waals surface area contributed by atoms with Gasteiger partial charge in [0.05, 0.1) is 0 Å². The molecule has 0 bridgehead atoms. The average Bonchev–Trinajstić information content (AvgIpc) is 4.17. The van der Waals surface area contributed by atoms with E-state index in [-0.39, 0.29) is 0 Å². The van der Waals surface area contributed by atoms with Crippen molar-refractivity contribution in [3.05, 3.63) is 108 Å². The number of aryl methyl sites for hydroxylation is 3. The van der Waals surface area contributed by atoms with Crippen molar-refractivity contribution in [2.24, 2.45) is 0 Å². The Morgan fingerprint density at radius 1 is 0.283 bits per heavy atom. The van der Waals surface area contributed by atoms with Gasteiger partial charge in [-0.3, -0.25) is 0 Å². The third-order valence-corrected chi connectivity index (χ3v) is 9.48. The maximum Gasteiger partial charge on any atom is 0.258 e. The van der Waals surface area contributed by atoms with Crippen LogP contribution in [-0.4, -0.2) is 60.8 Å². The van der Waals surface area contributed by atoms with Crippen molar-refractivity contribution in [3.8, 4) is 103 Å². The molecule has 60 heavy (non-hydrogen) atoms. The fourth-order valence-electron chi connectivity index (χ4n) is 6.20. The number of aromatic nitrogens is 12. The normalized spacial score (nSPS) is 11.4. The summed E-state index contributed by atoms with van der Waals surface area (Å²) in [6, 6.07) is 27.7. The average molecular weight is 799 g/mol. The van der Waals surface area contributed by atoms with Gasteiger partial charge in [-0.2, -0.15) is 29.9 Å². The molecular weight excluding hydrogens is 769 g/mol. The lowest BCUT2D eigenvalue weighted by atomic mass is 10.0. The summed E-state index contributed by atoms with van der Waals surface area (Å²) < 4.78 is 33.4. The van der Waals surface area contributed by atoms with Crippen molar-refractivity contribution >= 4 is 0 Å². The molecule has 0 atom stereocenters. The van der Waals surface area contributed by atoms with Crippen LogP contribution in [0, 0.1) is 0 Å². The Morgan fingerprint density at radius 2 is 0.500 bits per heavy atom. The smallest absolute Gasteiger partial charge is 0.258 e. The largest absolute Gasteiger partial charge is 0.334 e. The van der Waals surface area contributed by atoms with Gasteiger partial charge < -0.3 is 27.1 Å². The molecule has 10 aromatic rings. The fourth-order valence-corrected chi connectivity index (χ4v) is 6.20. The van der Waals surface area contributed by atoms with Crippen LogP contribution in [0.1, 0.15) is 38.2 Å². The van der Waals surface area contributed by atoms with Gasteiger partial charge in [0.1, 0.15) is 0 Å². The summed E-state index contributed by atoms with van der Waals surface area (Å²) >= 11 is 0. The highest BCUT2D eigenvalue weighted by Gasteiger charge is 2.21. The van der Waals surface area contributed by atoms with Crippen LogP contribution in [0.3, 0.4) is 0 Å². The van der Waals surface area contributed by atoms with E-state index in [4.69, 9.17) is 42.1 Å². The van der Waals surface area contributed by atoms with Crippen LogP contribution in [0.2, 0.25) is 0 Å². The number of hydrogen-bond donors (Lipinski definition) is 0. The first-order valence-electron chi connectivity index (χ1n) is 19.0. The van der Waals surface area contributed by atoms with Gasteiger partial charge in [-0.25, -0.2) is 0 Å². The maximum absolute atomic E-state index is 5.74. The Balaban J connectivity index is 0.973. The molecule has 6 aromatic heterocycles. The second-order valence-electron chi connectivity index (χ2n) is 13.4. The van der Waals surface area contributed by atoms with Gasteiger partial charge in [0.25, 0.3) is 35.3 Å². The molecule has 0 aliphatic rings. The van der Waals surface area contributed by atoms with Crippen LogP contribution in [0.15, 0.2) is 118 Å². The van der Waals surface area contributed by atoms with E-state index in [1.165, 1.54) is 0 Å². The molecule has 4 aromatic carbocycles. The molecule has 0 N–H and O–H groups in total. The zero-order valence-corrected chi connectivity index (χ0v) is 32.1. The highest BCUT2D eigenvalue weighted by molar-refractivity contribution is 5.76. The molecule has 294 valence electrons. The lowest BCUT2D eigenvalue weighted by Crippen LogP contribution is -1.90. The SMILES string of the molecule is CCc1noc(-c2ccc(-c3nc(-c4cc(-c5noc(-c6ccc(-c7nc(CC)no7)cc6)n5)cc(-c5noc(-c6ccc(-c7nc(CC)no7)cc6)n5)c4)no3)cc2)n1. The molecule has 0 aliphatic heterocycles. The molecule has 0 amide bonds. The van der Waals surface area contributed by atoms with Crippen LogP contribution in [-0.2, 0) is 19.3 Å². The summed E-state index contributed by atoms with van der Waals surface area (Å²) in [7, 11) is 0. The molecule has 0 radical (unpaired) electrons. The van der Waals surface area contributed by atoms with E-state index in [0.29, 0.717) is 123 Å². The van der Waals surface area contributed by atoms with E-state index in [1.807, 2.05) is 112 Å². The van der Waals surface area contributed by atoms with Crippen LogP contribution in [0.5, 0.6) is 0 Å². The maximum atomic E-state index is 5.74. The van der Waals surface area contributed by atoms with Crippen LogP contribution < -0.4 is 0 Å². The molecule has 0 saturated heterocycles. The Kier molecular flexibility index (Phi) is 9.16. The third-order valence-electron chi connectivity index (χ3n) is 9.48. The minimum atomic E-state index is 0.303. The fraction of sp³-hybridized carbons (Fsp3) is 0.143. The number of hydrogen-bond acceptors (Lipinski definition) is 18. The Morgan fingerprint density at radius 3 is 0.717 bits per heavy atom. The van der Waals surface area contributed by atoms with E-state index in [1.54, 1.807) is 0 Å². The lowest BCUT2D eigenvalue weighted by Gasteiger charge is -2.03. The van der Waals surface area contributed by atoms with Crippen LogP contribution >= 0.6 is 0 Å². The standard InChI is InChI=1S/C42H30N12O6/c1-4-31-43-37(55-49-31)22-7-13-25(14-8-22)40-46-34(52-58-40)28-19-29(35-47-41(59-53-35)26-15-9-23(10-16-26)38-44-32(5-2)50-56-38)21-30(20-28)36-48-42(60-54-36)27-17-11-24(12-18-27)39-45-33(6-3)51-57-39/h7-21H,4-6H2,1-3H3. The molecule has 0 aliphatic carbocycles. The van der Waals surface area contributed by atoms with Gasteiger partial charge in [-0.05, 0) is 91.0 Å². The molecule has 0 spiro atoms. The molecule has 18 nitrogen and oxygen atoms in total. The third kappa shape index (κ3) is 7.01. The molecule has 0 fully saturated rings. The van der Waals surface area contributed by atoms with Crippen molar-refractivity contribution in [2.75, 3.05) is 0 Å². The van der Waals surface area contributed by atoms with Crippen molar-refractivity contribution in [3.63, 3.8) is 0 Å². The Bertz CT molecular complexity index is 2730. The van der Waals surface area contributed by atoms with E-state index in [2.05, 4.69) is 45.9 Å². The molecule has 18 heteroatoms. The highest BCUT2D eigenvalue weighted by Crippen LogP contribution is 2.34. The molecule has 6 heterocycles. The van der Waals surface area contributed by atoms with Crippen molar-refractivity contribution < 1.29 is 27.1 Å². The minimum absolute atomic E-state index is 0.303. The molecule has 10 rings (SSSR count). The van der Waals surface area contributed by atoms with E-state index in [0.717, 1.165) is 16.7 Å². The second-order valence-corrected chi connectivity index (χ2v) is 13.4. The van der Waals surface area contributed by atoms with Gasteiger partial charge in [0.2, 0.25) is 17.5 Å². The molecule has 0 saturated carbocycles.